The molecule has 5 heteroatoms. The van der Waals surface area contributed by atoms with E-state index in [1.807, 2.05) is 12.1 Å². The monoisotopic (exact) mass is 301 g/mol. The third-order valence-corrected chi connectivity index (χ3v) is 5.54. The van der Waals surface area contributed by atoms with Crippen LogP contribution in [0.25, 0.3) is 0 Å². The van der Waals surface area contributed by atoms with E-state index in [2.05, 4.69) is 11.6 Å². The first-order chi connectivity index (χ1) is 9.03. The van der Waals surface area contributed by atoms with Crippen LogP contribution in [0.2, 0.25) is 0 Å². The molecule has 0 bridgehead atoms. The normalized spacial score (nSPS) is 23.7. The minimum atomic E-state index is -3.44. The second-order valence-electron chi connectivity index (χ2n) is 5.07. The third-order valence-electron chi connectivity index (χ3n) is 3.51. The van der Waals surface area contributed by atoms with Gasteiger partial charge in [-0.2, -0.15) is 0 Å². The van der Waals surface area contributed by atoms with Crippen molar-refractivity contribution in [1.82, 2.24) is 4.72 Å². The highest BCUT2D eigenvalue weighted by Crippen LogP contribution is 2.25. The maximum Gasteiger partial charge on any atom is 0.240 e. The van der Waals surface area contributed by atoms with Crippen molar-refractivity contribution in [3.05, 3.63) is 29.8 Å². The molecule has 1 saturated carbocycles. The first-order valence-electron chi connectivity index (χ1n) is 6.78. The predicted octanol–water partition coefficient (Wildman–Crippen LogP) is 3.08. The van der Waals surface area contributed by atoms with Crippen LogP contribution in [0, 0.1) is 0 Å². The molecule has 1 aromatic carbocycles. The summed E-state index contributed by atoms with van der Waals surface area (Å²) in [4.78, 5) is 0.322. The van der Waals surface area contributed by atoms with Crippen LogP contribution < -0.4 is 4.72 Å². The van der Waals surface area contributed by atoms with Crippen LogP contribution in [0.4, 0.5) is 0 Å². The number of halogens is 1. The summed E-state index contributed by atoms with van der Waals surface area (Å²) in [5.74, 6) is 0. The maximum absolute atomic E-state index is 12.2. The third kappa shape index (κ3) is 3.71. The van der Waals surface area contributed by atoms with Crippen molar-refractivity contribution in [3.8, 4) is 0 Å². The molecule has 0 saturated heterocycles. The minimum Gasteiger partial charge on any atom is -0.207 e. The van der Waals surface area contributed by atoms with Crippen LogP contribution >= 0.6 is 11.6 Å². The Kier molecular flexibility index (Phi) is 4.87. The molecule has 1 aliphatic carbocycles. The van der Waals surface area contributed by atoms with E-state index >= 15 is 0 Å². The maximum atomic E-state index is 12.2. The molecule has 1 aliphatic rings. The second-order valence-corrected chi connectivity index (χ2v) is 7.34. The SMILES string of the molecule is CCCc1ccc(S(=O)(=O)NC2CCCC2Cl)cc1. The molecule has 2 unspecified atom stereocenters. The van der Waals surface area contributed by atoms with E-state index in [1.54, 1.807) is 12.1 Å². The van der Waals surface area contributed by atoms with Crippen molar-refractivity contribution in [1.29, 1.82) is 0 Å². The topological polar surface area (TPSA) is 46.2 Å². The molecule has 19 heavy (non-hydrogen) atoms. The molecule has 0 aliphatic heterocycles. The van der Waals surface area contributed by atoms with Gasteiger partial charge in [0.15, 0.2) is 0 Å². The molecule has 0 spiro atoms. The molecule has 0 aromatic heterocycles. The summed E-state index contributed by atoms with van der Waals surface area (Å²) in [6, 6.07) is 6.97. The molecule has 1 aromatic rings. The molecule has 1 N–H and O–H groups in total. The molecule has 1 fully saturated rings. The second kappa shape index (κ2) is 6.25. The number of hydrogen-bond acceptors (Lipinski definition) is 2. The molecular formula is C14H20ClNO2S. The van der Waals surface area contributed by atoms with Crippen molar-refractivity contribution in [3.63, 3.8) is 0 Å². The van der Waals surface area contributed by atoms with Gasteiger partial charge in [-0.15, -0.1) is 11.6 Å². The lowest BCUT2D eigenvalue weighted by atomic mass is 10.1. The summed E-state index contributed by atoms with van der Waals surface area (Å²) in [7, 11) is -3.44. The Morgan fingerprint density at radius 2 is 1.95 bits per heavy atom. The van der Waals surface area contributed by atoms with Gasteiger partial charge in [0.2, 0.25) is 10.0 Å². The number of aryl methyl sites for hydroxylation is 1. The van der Waals surface area contributed by atoms with Gasteiger partial charge in [-0.1, -0.05) is 31.9 Å². The fourth-order valence-electron chi connectivity index (χ4n) is 2.44. The van der Waals surface area contributed by atoms with Gasteiger partial charge in [0.25, 0.3) is 0 Å². The number of sulfonamides is 1. The van der Waals surface area contributed by atoms with Crippen molar-refractivity contribution in [2.75, 3.05) is 0 Å². The largest absolute Gasteiger partial charge is 0.240 e. The zero-order valence-corrected chi connectivity index (χ0v) is 12.7. The quantitative estimate of drug-likeness (QED) is 0.850. The van der Waals surface area contributed by atoms with Gasteiger partial charge in [-0.25, -0.2) is 13.1 Å². The van der Waals surface area contributed by atoms with Crippen LogP contribution in [-0.2, 0) is 16.4 Å². The molecule has 0 heterocycles. The van der Waals surface area contributed by atoms with Gasteiger partial charge in [0, 0.05) is 11.4 Å². The lowest BCUT2D eigenvalue weighted by Gasteiger charge is -2.16. The number of rotatable bonds is 5. The molecule has 0 radical (unpaired) electrons. The van der Waals surface area contributed by atoms with Crippen molar-refractivity contribution in [2.24, 2.45) is 0 Å². The van der Waals surface area contributed by atoms with Crippen LogP contribution in [0.15, 0.2) is 29.2 Å². The fourth-order valence-corrected chi connectivity index (χ4v) is 4.17. The van der Waals surface area contributed by atoms with Crippen LogP contribution in [-0.4, -0.2) is 19.8 Å². The van der Waals surface area contributed by atoms with E-state index in [4.69, 9.17) is 11.6 Å². The lowest BCUT2D eigenvalue weighted by molar-refractivity contribution is 0.554. The molecule has 106 valence electrons. The Hall–Kier alpha value is -0.580. The Labute approximate surface area is 120 Å². The van der Waals surface area contributed by atoms with Gasteiger partial charge in [0.1, 0.15) is 0 Å². The molecule has 2 rings (SSSR count). The zero-order valence-electron chi connectivity index (χ0n) is 11.1. The number of benzene rings is 1. The fraction of sp³-hybridized carbons (Fsp3) is 0.571. The van der Waals surface area contributed by atoms with Gasteiger partial charge < -0.3 is 0 Å². The van der Waals surface area contributed by atoms with Crippen molar-refractivity contribution >= 4 is 21.6 Å². The first kappa shape index (κ1) is 14.8. The highest BCUT2D eigenvalue weighted by molar-refractivity contribution is 7.89. The Balaban J connectivity index is 2.10. The van der Waals surface area contributed by atoms with Gasteiger partial charge in [-0.3, -0.25) is 0 Å². The van der Waals surface area contributed by atoms with Gasteiger partial charge in [-0.05, 0) is 37.0 Å². The Bertz CT molecular complexity index is 513. The minimum absolute atomic E-state index is 0.0888. The summed E-state index contributed by atoms with van der Waals surface area (Å²) >= 11 is 6.11. The highest BCUT2D eigenvalue weighted by Gasteiger charge is 2.29. The van der Waals surface area contributed by atoms with Crippen molar-refractivity contribution < 1.29 is 8.42 Å². The molecular weight excluding hydrogens is 282 g/mol. The number of hydrogen-bond donors (Lipinski definition) is 1. The summed E-state index contributed by atoms with van der Waals surface area (Å²) < 4.78 is 27.2. The van der Waals surface area contributed by atoms with Crippen LogP contribution in [0.3, 0.4) is 0 Å². The molecule has 2 atom stereocenters. The number of nitrogens with one attached hydrogen (secondary N) is 1. The Morgan fingerprint density at radius 3 is 2.47 bits per heavy atom. The summed E-state index contributed by atoms with van der Waals surface area (Å²) in [6.07, 6.45) is 4.71. The first-order valence-corrected chi connectivity index (χ1v) is 8.70. The summed E-state index contributed by atoms with van der Waals surface area (Å²) in [5.41, 5.74) is 1.16. The summed E-state index contributed by atoms with van der Waals surface area (Å²) in [6.45, 7) is 2.10. The van der Waals surface area contributed by atoms with Crippen LogP contribution in [0.1, 0.15) is 38.2 Å². The van der Waals surface area contributed by atoms with E-state index in [0.717, 1.165) is 37.7 Å². The molecule has 0 amide bonds. The number of alkyl halides is 1. The average molecular weight is 302 g/mol. The van der Waals surface area contributed by atoms with E-state index in [-0.39, 0.29) is 11.4 Å². The zero-order chi connectivity index (χ0) is 13.9. The smallest absolute Gasteiger partial charge is 0.207 e. The highest BCUT2D eigenvalue weighted by atomic mass is 35.5. The van der Waals surface area contributed by atoms with Crippen LogP contribution in [0.5, 0.6) is 0 Å². The van der Waals surface area contributed by atoms with Gasteiger partial charge >= 0.3 is 0 Å². The van der Waals surface area contributed by atoms with E-state index < -0.39 is 10.0 Å². The lowest BCUT2D eigenvalue weighted by Crippen LogP contribution is -2.37. The van der Waals surface area contributed by atoms with E-state index in [1.165, 1.54) is 0 Å². The standard InChI is InChI=1S/C14H20ClNO2S/c1-2-4-11-7-9-12(10-8-11)19(17,18)16-14-6-3-5-13(14)15/h7-10,13-14,16H,2-6H2,1H3. The average Bonchev–Trinajstić information content (AvgIpc) is 2.75. The Morgan fingerprint density at radius 1 is 1.26 bits per heavy atom. The van der Waals surface area contributed by atoms with E-state index in [9.17, 15) is 8.42 Å². The van der Waals surface area contributed by atoms with Gasteiger partial charge in [0.05, 0.1) is 4.90 Å². The predicted molar refractivity (Wildman–Crippen MR) is 78.0 cm³/mol. The summed E-state index contributed by atoms with van der Waals surface area (Å²) in [5, 5.41) is -0.0888. The van der Waals surface area contributed by atoms with E-state index in [0.29, 0.717) is 4.90 Å². The van der Waals surface area contributed by atoms with Crippen molar-refractivity contribution in [2.45, 2.75) is 55.3 Å². The molecule has 3 nitrogen and oxygen atoms in total.